The summed E-state index contributed by atoms with van der Waals surface area (Å²) >= 11 is 7.47. The molecule has 0 spiro atoms. The van der Waals surface area contributed by atoms with Crippen molar-refractivity contribution in [2.24, 2.45) is 0 Å². The minimum absolute atomic E-state index is 0.0731. The summed E-state index contributed by atoms with van der Waals surface area (Å²) in [6.07, 6.45) is 1.43. The van der Waals surface area contributed by atoms with Crippen LogP contribution in [0, 0.1) is 0 Å². The molecule has 0 saturated carbocycles. The number of anilines is 1. The van der Waals surface area contributed by atoms with E-state index in [1.165, 1.54) is 17.7 Å². The summed E-state index contributed by atoms with van der Waals surface area (Å²) in [7, 11) is 0. The number of fused-ring (bicyclic) bond motifs is 2. The number of benzene rings is 2. The van der Waals surface area contributed by atoms with Crippen LogP contribution >= 0.6 is 22.9 Å². The van der Waals surface area contributed by atoms with Crippen LogP contribution in [0.15, 0.2) is 48.8 Å². The van der Waals surface area contributed by atoms with E-state index in [1.54, 1.807) is 16.7 Å². The second kappa shape index (κ2) is 8.03. The highest BCUT2D eigenvalue weighted by Gasteiger charge is 2.35. The number of carbonyl (C=O) groups excluding carboxylic acids is 2. The molecular weight excluding hydrogens is 446 g/mol. The number of nitrogen functional groups attached to an aromatic ring is 1. The fourth-order valence-electron chi connectivity index (χ4n) is 4.06. The quantitative estimate of drug-likeness (QED) is 0.494. The molecule has 2 amide bonds. The summed E-state index contributed by atoms with van der Waals surface area (Å²) in [5, 5.41) is 2.40. The van der Waals surface area contributed by atoms with Crippen molar-refractivity contribution < 1.29 is 9.59 Å². The smallest absolute Gasteiger partial charge is 0.264 e. The van der Waals surface area contributed by atoms with Gasteiger partial charge in [-0.25, -0.2) is 9.97 Å². The molecule has 0 radical (unpaired) electrons. The molecular formula is C23H20ClN5O2S. The number of amides is 2. The Morgan fingerprint density at radius 2 is 2.03 bits per heavy atom. The Morgan fingerprint density at radius 3 is 2.88 bits per heavy atom. The van der Waals surface area contributed by atoms with Gasteiger partial charge in [0.15, 0.2) is 0 Å². The monoisotopic (exact) mass is 465 g/mol. The number of hydrogen-bond donors (Lipinski definition) is 1. The molecule has 7 nitrogen and oxygen atoms in total. The molecule has 1 atom stereocenters. The van der Waals surface area contributed by atoms with Gasteiger partial charge in [0.2, 0.25) is 5.91 Å². The van der Waals surface area contributed by atoms with Crippen LogP contribution < -0.4 is 5.73 Å². The molecule has 1 aliphatic rings. The molecule has 0 aliphatic carbocycles. The molecule has 1 fully saturated rings. The molecule has 1 unspecified atom stereocenters. The van der Waals surface area contributed by atoms with Gasteiger partial charge >= 0.3 is 0 Å². The fourth-order valence-corrected chi connectivity index (χ4v) is 5.35. The Bertz CT molecular complexity index is 1370. The van der Waals surface area contributed by atoms with Crippen LogP contribution in [-0.2, 0) is 11.3 Å². The number of halogens is 1. The topological polar surface area (TPSA) is 92.4 Å². The zero-order valence-electron chi connectivity index (χ0n) is 17.3. The second-order valence-corrected chi connectivity index (χ2v) is 9.36. The van der Waals surface area contributed by atoms with Gasteiger partial charge in [-0.2, -0.15) is 0 Å². The van der Waals surface area contributed by atoms with Gasteiger partial charge in [0, 0.05) is 34.7 Å². The first-order valence-corrected chi connectivity index (χ1v) is 11.4. The number of aromatic nitrogens is 2. The number of thiophene rings is 1. The molecule has 3 heterocycles. The molecule has 0 bridgehead atoms. The van der Waals surface area contributed by atoms with Crippen LogP contribution in [0.4, 0.5) is 5.82 Å². The molecule has 2 aromatic carbocycles. The lowest BCUT2D eigenvalue weighted by molar-refractivity contribution is -0.140. The van der Waals surface area contributed by atoms with Crippen LogP contribution in [0.3, 0.4) is 0 Å². The van der Waals surface area contributed by atoms with Gasteiger partial charge < -0.3 is 15.5 Å². The van der Waals surface area contributed by atoms with E-state index in [4.69, 9.17) is 17.3 Å². The van der Waals surface area contributed by atoms with Gasteiger partial charge in [-0.05, 0) is 48.2 Å². The van der Waals surface area contributed by atoms with E-state index in [0.29, 0.717) is 35.4 Å². The highest BCUT2D eigenvalue weighted by Crippen LogP contribution is 2.30. The Kier molecular flexibility index (Phi) is 5.19. The minimum Gasteiger partial charge on any atom is -0.383 e. The van der Waals surface area contributed by atoms with Gasteiger partial charge in [-0.3, -0.25) is 9.59 Å². The highest BCUT2D eigenvalue weighted by molar-refractivity contribution is 7.20. The maximum Gasteiger partial charge on any atom is 0.264 e. The summed E-state index contributed by atoms with van der Waals surface area (Å²) < 4.78 is 0.958. The number of hydrogen-bond acceptors (Lipinski definition) is 6. The number of nitrogens with two attached hydrogens (primary N) is 1. The Labute approximate surface area is 193 Å². The molecule has 2 aromatic heterocycles. The standard InChI is InChI=1S/C23H20ClN5O2S/c1-13-22(30)28(11-14-2-5-17-18(8-14)26-12-27-21(17)25)6-7-29(13)23(31)20-9-15-3-4-16(24)10-19(15)32-20/h2-5,8-10,12-13H,6-7,11H2,1H3,(H2,25,26,27). The number of carbonyl (C=O) groups is 2. The van der Waals surface area contributed by atoms with Crippen molar-refractivity contribution in [3.05, 3.63) is 64.3 Å². The molecule has 5 rings (SSSR count). The first-order valence-electron chi connectivity index (χ1n) is 10.2. The summed E-state index contributed by atoms with van der Waals surface area (Å²) in [6, 6.07) is 12.6. The lowest BCUT2D eigenvalue weighted by atomic mass is 10.1. The van der Waals surface area contributed by atoms with Crippen molar-refractivity contribution in [3.8, 4) is 0 Å². The van der Waals surface area contributed by atoms with E-state index in [1.807, 2.05) is 42.5 Å². The first-order chi connectivity index (χ1) is 15.4. The van der Waals surface area contributed by atoms with E-state index in [-0.39, 0.29) is 11.8 Å². The molecule has 162 valence electrons. The molecule has 4 aromatic rings. The number of rotatable bonds is 3. The summed E-state index contributed by atoms with van der Waals surface area (Å²) in [6.45, 7) is 3.18. The average molecular weight is 466 g/mol. The van der Waals surface area contributed by atoms with E-state index >= 15 is 0 Å². The van der Waals surface area contributed by atoms with E-state index in [9.17, 15) is 9.59 Å². The lowest BCUT2D eigenvalue weighted by Crippen LogP contribution is -2.57. The average Bonchev–Trinajstić information content (AvgIpc) is 3.20. The maximum absolute atomic E-state index is 13.2. The SMILES string of the molecule is CC1C(=O)N(Cc2ccc3c(N)ncnc3c2)CCN1C(=O)c1cc2ccc(Cl)cc2s1. The Balaban J connectivity index is 1.32. The van der Waals surface area contributed by atoms with Crippen LogP contribution in [0.1, 0.15) is 22.2 Å². The van der Waals surface area contributed by atoms with E-state index < -0.39 is 6.04 Å². The molecule has 32 heavy (non-hydrogen) atoms. The summed E-state index contributed by atoms with van der Waals surface area (Å²) in [4.78, 5) is 38.6. The first kappa shape index (κ1) is 20.7. The van der Waals surface area contributed by atoms with Gasteiger partial charge in [0.05, 0.1) is 10.4 Å². The molecule has 1 aliphatic heterocycles. The third-order valence-electron chi connectivity index (χ3n) is 5.81. The Hall–Kier alpha value is -3.23. The van der Waals surface area contributed by atoms with E-state index in [2.05, 4.69) is 9.97 Å². The highest BCUT2D eigenvalue weighted by atomic mass is 35.5. The van der Waals surface area contributed by atoms with E-state index in [0.717, 1.165) is 26.6 Å². The van der Waals surface area contributed by atoms with Gasteiger partial charge in [-0.15, -0.1) is 11.3 Å². The van der Waals surface area contributed by atoms with Gasteiger partial charge in [0.25, 0.3) is 5.91 Å². The minimum atomic E-state index is -0.538. The largest absolute Gasteiger partial charge is 0.383 e. The van der Waals surface area contributed by atoms with Crippen molar-refractivity contribution in [1.29, 1.82) is 0 Å². The molecule has 1 saturated heterocycles. The zero-order valence-corrected chi connectivity index (χ0v) is 18.9. The number of nitrogens with zero attached hydrogens (tertiary/aromatic N) is 4. The van der Waals surface area contributed by atoms with Crippen molar-refractivity contribution in [2.75, 3.05) is 18.8 Å². The van der Waals surface area contributed by atoms with Crippen LogP contribution in [0.2, 0.25) is 5.02 Å². The van der Waals surface area contributed by atoms with Crippen LogP contribution in [-0.4, -0.2) is 50.7 Å². The summed E-state index contributed by atoms with van der Waals surface area (Å²) in [5.74, 6) is 0.235. The van der Waals surface area contributed by atoms with Crippen molar-refractivity contribution in [3.63, 3.8) is 0 Å². The van der Waals surface area contributed by atoms with Crippen molar-refractivity contribution in [2.45, 2.75) is 19.5 Å². The van der Waals surface area contributed by atoms with Crippen molar-refractivity contribution >= 4 is 61.6 Å². The zero-order chi connectivity index (χ0) is 22.4. The molecule has 2 N–H and O–H groups in total. The van der Waals surface area contributed by atoms with Crippen molar-refractivity contribution in [1.82, 2.24) is 19.8 Å². The van der Waals surface area contributed by atoms with Gasteiger partial charge in [0.1, 0.15) is 18.2 Å². The predicted molar refractivity (Wildman–Crippen MR) is 127 cm³/mol. The number of piperazine rings is 1. The predicted octanol–water partition coefficient (Wildman–Crippen LogP) is 3.95. The van der Waals surface area contributed by atoms with Crippen LogP contribution in [0.5, 0.6) is 0 Å². The third-order valence-corrected chi connectivity index (χ3v) is 7.13. The lowest BCUT2D eigenvalue weighted by Gasteiger charge is -2.39. The third kappa shape index (κ3) is 3.65. The molecule has 9 heteroatoms. The summed E-state index contributed by atoms with van der Waals surface area (Å²) in [5.41, 5.74) is 7.60. The normalized spacial score (nSPS) is 16.8. The van der Waals surface area contributed by atoms with Crippen LogP contribution in [0.25, 0.3) is 21.0 Å². The second-order valence-electron chi connectivity index (χ2n) is 7.84. The Morgan fingerprint density at radius 1 is 1.19 bits per heavy atom. The maximum atomic E-state index is 13.2. The van der Waals surface area contributed by atoms with Gasteiger partial charge in [-0.1, -0.05) is 23.7 Å². The fraction of sp³-hybridized carbons (Fsp3) is 0.217.